The topological polar surface area (TPSA) is 125 Å². The van der Waals surface area contributed by atoms with Crippen LogP contribution in [0.5, 0.6) is 5.88 Å². The van der Waals surface area contributed by atoms with Crippen LogP contribution in [0.25, 0.3) is 0 Å². The number of aromatic nitrogens is 2. The summed E-state index contributed by atoms with van der Waals surface area (Å²) in [5.74, 6) is -1.44. The maximum absolute atomic E-state index is 12.1. The van der Waals surface area contributed by atoms with Crippen molar-refractivity contribution in [3.63, 3.8) is 0 Å². The second kappa shape index (κ2) is 7.38. The van der Waals surface area contributed by atoms with Gasteiger partial charge in [0.1, 0.15) is 5.56 Å². The second-order valence-electron chi connectivity index (χ2n) is 6.27. The van der Waals surface area contributed by atoms with Crippen molar-refractivity contribution in [1.29, 1.82) is 0 Å². The highest BCUT2D eigenvalue weighted by Gasteiger charge is 2.22. The summed E-state index contributed by atoms with van der Waals surface area (Å²) in [5, 5.41) is 19.4. The Hall–Kier alpha value is -3.16. The molecule has 0 spiro atoms. The molecule has 0 bridgehead atoms. The Morgan fingerprint density at radius 3 is 2.42 bits per heavy atom. The molecule has 1 aromatic carbocycles. The lowest BCUT2D eigenvalue weighted by Gasteiger charge is -2.24. The molecule has 26 heavy (non-hydrogen) atoms. The third-order valence-corrected chi connectivity index (χ3v) is 4.55. The van der Waals surface area contributed by atoms with E-state index in [-0.39, 0.29) is 17.2 Å². The Morgan fingerprint density at radius 2 is 1.81 bits per heavy atom. The Morgan fingerprint density at radius 1 is 1.15 bits per heavy atom. The van der Waals surface area contributed by atoms with Gasteiger partial charge in [0.25, 0.3) is 5.56 Å². The molecule has 136 valence electrons. The van der Waals surface area contributed by atoms with Gasteiger partial charge in [0.05, 0.1) is 11.3 Å². The summed E-state index contributed by atoms with van der Waals surface area (Å²) >= 11 is 0. The van der Waals surface area contributed by atoms with Gasteiger partial charge in [-0.25, -0.2) is 9.59 Å². The molecule has 0 atom stereocenters. The number of nitrogens with zero attached hydrogens (tertiary/aromatic N) is 2. The second-order valence-corrected chi connectivity index (χ2v) is 6.27. The largest absolute Gasteiger partial charge is 0.494 e. The van der Waals surface area contributed by atoms with Crippen LogP contribution < -0.4 is 11.2 Å². The van der Waals surface area contributed by atoms with Gasteiger partial charge in [-0.05, 0) is 37.1 Å². The van der Waals surface area contributed by atoms with Gasteiger partial charge in [-0.2, -0.15) is 0 Å². The van der Waals surface area contributed by atoms with Crippen molar-refractivity contribution in [2.24, 2.45) is 4.99 Å². The quantitative estimate of drug-likeness (QED) is 0.724. The van der Waals surface area contributed by atoms with E-state index in [1.54, 1.807) is 0 Å². The number of rotatable bonds is 4. The smallest absolute Gasteiger partial charge is 0.335 e. The summed E-state index contributed by atoms with van der Waals surface area (Å²) in [6, 6.07) is 5.62. The summed E-state index contributed by atoms with van der Waals surface area (Å²) in [6.45, 7) is 0. The Labute approximate surface area is 148 Å². The third-order valence-electron chi connectivity index (χ3n) is 4.55. The van der Waals surface area contributed by atoms with Crippen LogP contribution in [0, 0.1) is 0 Å². The van der Waals surface area contributed by atoms with Crippen molar-refractivity contribution in [2.75, 3.05) is 0 Å². The molecule has 0 aliphatic heterocycles. The zero-order valence-electron chi connectivity index (χ0n) is 14.0. The van der Waals surface area contributed by atoms with E-state index in [0.717, 1.165) is 32.1 Å². The highest BCUT2D eigenvalue weighted by atomic mass is 16.4. The highest BCUT2D eigenvalue weighted by Crippen LogP contribution is 2.29. The minimum absolute atomic E-state index is 0.0996. The lowest BCUT2D eigenvalue weighted by atomic mass is 9.95. The predicted octanol–water partition coefficient (Wildman–Crippen LogP) is 2.20. The van der Waals surface area contributed by atoms with Crippen LogP contribution in [0.1, 0.15) is 54.1 Å². The number of aromatic hydroxyl groups is 1. The molecule has 3 N–H and O–H groups in total. The van der Waals surface area contributed by atoms with Gasteiger partial charge in [-0.3, -0.25) is 19.3 Å². The molecule has 8 nitrogen and oxygen atoms in total. The summed E-state index contributed by atoms with van der Waals surface area (Å²) in [7, 11) is 0. The van der Waals surface area contributed by atoms with E-state index in [9.17, 15) is 19.5 Å². The van der Waals surface area contributed by atoms with Crippen LogP contribution in [0.4, 0.5) is 5.69 Å². The van der Waals surface area contributed by atoms with E-state index in [1.807, 2.05) is 0 Å². The predicted molar refractivity (Wildman–Crippen MR) is 95.8 cm³/mol. The molecule has 2 aromatic rings. The Balaban J connectivity index is 1.95. The average Bonchev–Trinajstić information content (AvgIpc) is 2.62. The van der Waals surface area contributed by atoms with Crippen LogP contribution in [0.3, 0.4) is 0 Å². The van der Waals surface area contributed by atoms with Gasteiger partial charge in [0.2, 0.25) is 5.88 Å². The van der Waals surface area contributed by atoms with Crippen molar-refractivity contribution in [1.82, 2.24) is 9.55 Å². The molecule has 8 heteroatoms. The number of benzene rings is 1. The minimum atomic E-state index is -1.05. The maximum Gasteiger partial charge on any atom is 0.335 e. The standard InChI is InChI=1S/C18H19N3O5/c22-15-14(10-19-12-8-6-11(7-9-12)17(24)25)16(23)21(18(26)20-15)13-4-2-1-3-5-13/h6-10,13,23H,1-5H2,(H,24,25)(H,20,22,26). The molecule has 1 fully saturated rings. The fourth-order valence-electron chi connectivity index (χ4n) is 3.18. The monoisotopic (exact) mass is 357 g/mol. The molecule has 3 rings (SSSR count). The average molecular weight is 357 g/mol. The van der Waals surface area contributed by atoms with Crippen molar-refractivity contribution in [3.8, 4) is 5.88 Å². The number of aromatic carboxylic acids is 1. The summed E-state index contributed by atoms with van der Waals surface area (Å²) < 4.78 is 1.23. The van der Waals surface area contributed by atoms with E-state index in [1.165, 1.54) is 35.0 Å². The number of aliphatic imine (C=N–C) groups is 1. The summed E-state index contributed by atoms with van der Waals surface area (Å²) in [6.07, 6.45) is 5.75. The maximum atomic E-state index is 12.1. The number of H-pyrrole nitrogens is 1. The molecule has 1 saturated carbocycles. The van der Waals surface area contributed by atoms with Gasteiger partial charge in [-0.1, -0.05) is 19.3 Å². The van der Waals surface area contributed by atoms with E-state index >= 15 is 0 Å². The van der Waals surface area contributed by atoms with Crippen LogP contribution in [-0.4, -0.2) is 31.9 Å². The first-order valence-electron chi connectivity index (χ1n) is 8.42. The van der Waals surface area contributed by atoms with E-state index in [0.29, 0.717) is 5.69 Å². The van der Waals surface area contributed by atoms with Gasteiger partial charge in [0.15, 0.2) is 0 Å². The molecule has 1 aliphatic carbocycles. The molecule has 1 aromatic heterocycles. The minimum Gasteiger partial charge on any atom is -0.494 e. The molecule has 0 saturated heterocycles. The number of carboxylic acids is 1. The molecule has 0 radical (unpaired) electrons. The number of nitrogens with one attached hydrogen (secondary N) is 1. The van der Waals surface area contributed by atoms with Crippen molar-refractivity contribution >= 4 is 17.9 Å². The fraction of sp³-hybridized carbons (Fsp3) is 0.333. The van der Waals surface area contributed by atoms with Crippen LogP contribution in [0.15, 0.2) is 38.8 Å². The van der Waals surface area contributed by atoms with Gasteiger partial charge < -0.3 is 10.2 Å². The summed E-state index contributed by atoms with van der Waals surface area (Å²) in [5.41, 5.74) is -0.898. The zero-order valence-corrected chi connectivity index (χ0v) is 14.0. The molecular formula is C18H19N3O5. The summed E-state index contributed by atoms with van der Waals surface area (Å²) in [4.78, 5) is 41.4. The molecule has 1 heterocycles. The highest BCUT2D eigenvalue weighted by molar-refractivity contribution is 5.88. The van der Waals surface area contributed by atoms with Crippen molar-refractivity contribution < 1.29 is 15.0 Å². The normalized spacial score (nSPS) is 15.4. The SMILES string of the molecule is O=C(O)c1ccc(N=Cc2c(O)n(C3CCCCC3)c(=O)[nH]c2=O)cc1. The molecule has 0 amide bonds. The van der Waals surface area contributed by atoms with Gasteiger partial charge >= 0.3 is 11.7 Å². The first-order valence-corrected chi connectivity index (χ1v) is 8.42. The van der Waals surface area contributed by atoms with Crippen LogP contribution in [-0.2, 0) is 0 Å². The lowest BCUT2D eigenvalue weighted by Crippen LogP contribution is -2.35. The zero-order chi connectivity index (χ0) is 18.7. The first kappa shape index (κ1) is 17.7. The van der Waals surface area contributed by atoms with E-state index in [4.69, 9.17) is 5.11 Å². The molecular weight excluding hydrogens is 338 g/mol. The lowest BCUT2D eigenvalue weighted by molar-refractivity contribution is 0.0697. The van der Waals surface area contributed by atoms with E-state index < -0.39 is 23.1 Å². The van der Waals surface area contributed by atoms with E-state index in [2.05, 4.69) is 9.98 Å². The van der Waals surface area contributed by atoms with Crippen LogP contribution >= 0.6 is 0 Å². The fourth-order valence-corrected chi connectivity index (χ4v) is 3.18. The number of carbonyl (C=O) groups is 1. The Kier molecular flexibility index (Phi) is 5.01. The van der Waals surface area contributed by atoms with Gasteiger partial charge in [0, 0.05) is 12.3 Å². The first-order chi connectivity index (χ1) is 12.5. The molecule has 1 aliphatic rings. The van der Waals surface area contributed by atoms with Gasteiger partial charge in [-0.15, -0.1) is 0 Å². The third kappa shape index (κ3) is 3.58. The van der Waals surface area contributed by atoms with Crippen molar-refractivity contribution in [2.45, 2.75) is 38.1 Å². The number of hydrogen-bond donors (Lipinski definition) is 3. The van der Waals surface area contributed by atoms with Crippen LogP contribution in [0.2, 0.25) is 0 Å². The Bertz CT molecular complexity index is 950. The number of carboxylic acid groups (broad SMARTS) is 1. The van der Waals surface area contributed by atoms with Crippen molar-refractivity contribution in [3.05, 3.63) is 56.2 Å². The molecule has 0 unspecified atom stereocenters. The number of hydrogen-bond acceptors (Lipinski definition) is 5. The number of aromatic amines is 1.